The molecule has 0 atom stereocenters. The quantitative estimate of drug-likeness (QED) is 0.784. The van der Waals surface area contributed by atoms with Gasteiger partial charge in [-0.3, -0.25) is 4.79 Å². The van der Waals surface area contributed by atoms with Gasteiger partial charge in [-0.25, -0.2) is 0 Å². The smallest absolute Gasteiger partial charge is 0.263 e. The number of thiophene rings is 1. The van der Waals surface area contributed by atoms with E-state index in [1.807, 2.05) is 17.9 Å². The zero-order chi connectivity index (χ0) is 15.7. The van der Waals surface area contributed by atoms with E-state index in [1.165, 1.54) is 11.3 Å². The Morgan fingerprint density at radius 2 is 1.90 bits per heavy atom. The molecule has 0 saturated heterocycles. The summed E-state index contributed by atoms with van der Waals surface area (Å²) in [5, 5.41) is 8.77. The Kier molecular flexibility index (Phi) is 8.11. The molecule has 0 radical (unpaired) electrons. The van der Waals surface area contributed by atoms with Crippen molar-refractivity contribution in [3.8, 4) is 11.8 Å². The highest BCUT2D eigenvalue weighted by Crippen LogP contribution is 2.23. The maximum absolute atomic E-state index is 12.6. The van der Waals surface area contributed by atoms with E-state index in [4.69, 9.17) is 5.11 Å². The maximum atomic E-state index is 12.6. The van der Waals surface area contributed by atoms with Gasteiger partial charge in [-0.1, -0.05) is 38.5 Å². The fourth-order valence-electron chi connectivity index (χ4n) is 2.00. The van der Waals surface area contributed by atoms with Crippen LogP contribution in [0.5, 0.6) is 0 Å². The first-order chi connectivity index (χ1) is 10.1. The molecule has 1 amide bonds. The molecule has 0 unspecified atom stereocenters. The third-order valence-electron chi connectivity index (χ3n) is 3.26. The summed E-state index contributed by atoms with van der Waals surface area (Å²) in [4.78, 5) is 16.2. The molecule has 0 aliphatic carbocycles. The van der Waals surface area contributed by atoms with Crippen molar-refractivity contribution in [3.05, 3.63) is 21.4 Å². The SMILES string of the molecule is CCCCN(CCCC)C(=O)c1cc(C)c(C#CCO)s1. The molecule has 0 aliphatic rings. The maximum Gasteiger partial charge on any atom is 0.263 e. The van der Waals surface area contributed by atoms with E-state index in [-0.39, 0.29) is 12.5 Å². The summed E-state index contributed by atoms with van der Waals surface area (Å²) in [5.74, 6) is 5.67. The first kappa shape index (κ1) is 17.7. The van der Waals surface area contributed by atoms with Crippen molar-refractivity contribution in [3.63, 3.8) is 0 Å². The lowest BCUT2D eigenvalue weighted by atomic mass is 10.2. The summed E-state index contributed by atoms with van der Waals surface area (Å²) in [5.41, 5.74) is 1.01. The van der Waals surface area contributed by atoms with Crippen LogP contribution in [-0.2, 0) is 0 Å². The minimum absolute atomic E-state index is 0.113. The van der Waals surface area contributed by atoms with Gasteiger partial charge in [0.15, 0.2) is 0 Å². The van der Waals surface area contributed by atoms with Crippen molar-refractivity contribution in [2.75, 3.05) is 19.7 Å². The molecule has 1 rings (SSSR count). The lowest BCUT2D eigenvalue weighted by molar-refractivity contribution is 0.0756. The minimum atomic E-state index is -0.153. The van der Waals surface area contributed by atoms with Gasteiger partial charge in [-0.2, -0.15) is 0 Å². The van der Waals surface area contributed by atoms with Gasteiger partial charge in [0.25, 0.3) is 5.91 Å². The fraction of sp³-hybridized carbons (Fsp3) is 0.588. The van der Waals surface area contributed by atoms with Crippen LogP contribution in [0.4, 0.5) is 0 Å². The number of carbonyl (C=O) groups excluding carboxylic acids is 1. The fourth-order valence-corrected chi connectivity index (χ4v) is 3.02. The Balaban J connectivity index is 2.86. The van der Waals surface area contributed by atoms with E-state index >= 15 is 0 Å². The number of nitrogens with zero attached hydrogens (tertiary/aromatic N) is 1. The Labute approximate surface area is 132 Å². The molecule has 1 aromatic rings. The molecule has 116 valence electrons. The van der Waals surface area contributed by atoms with E-state index in [9.17, 15) is 4.79 Å². The topological polar surface area (TPSA) is 40.5 Å². The van der Waals surface area contributed by atoms with Crippen molar-refractivity contribution in [2.45, 2.75) is 46.5 Å². The highest BCUT2D eigenvalue weighted by atomic mass is 32.1. The van der Waals surface area contributed by atoms with Crippen molar-refractivity contribution >= 4 is 17.2 Å². The highest BCUT2D eigenvalue weighted by Gasteiger charge is 2.18. The van der Waals surface area contributed by atoms with Crippen LogP contribution in [0.3, 0.4) is 0 Å². The Morgan fingerprint density at radius 3 is 2.43 bits per heavy atom. The number of aryl methyl sites for hydroxylation is 1. The summed E-state index contributed by atoms with van der Waals surface area (Å²) >= 11 is 1.43. The zero-order valence-electron chi connectivity index (χ0n) is 13.2. The van der Waals surface area contributed by atoms with Gasteiger partial charge in [0, 0.05) is 13.1 Å². The first-order valence-electron chi connectivity index (χ1n) is 7.63. The van der Waals surface area contributed by atoms with Crippen LogP contribution in [0, 0.1) is 18.8 Å². The Bertz CT molecular complexity index is 503. The monoisotopic (exact) mass is 307 g/mol. The number of aliphatic hydroxyl groups is 1. The van der Waals surface area contributed by atoms with Gasteiger partial charge >= 0.3 is 0 Å². The predicted octanol–water partition coefficient (Wildman–Crippen LogP) is 3.44. The second-order valence-electron chi connectivity index (χ2n) is 5.08. The zero-order valence-corrected chi connectivity index (χ0v) is 14.1. The normalized spacial score (nSPS) is 10.1. The van der Waals surface area contributed by atoms with Crippen molar-refractivity contribution in [1.82, 2.24) is 4.90 Å². The first-order valence-corrected chi connectivity index (χ1v) is 8.45. The van der Waals surface area contributed by atoms with Crippen molar-refractivity contribution in [1.29, 1.82) is 0 Å². The van der Waals surface area contributed by atoms with Gasteiger partial charge in [0.1, 0.15) is 6.61 Å². The summed E-state index contributed by atoms with van der Waals surface area (Å²) in [6.45, 7) is 7.73. The summed E-state index contributed by atoms with van der Waals surface area (Å²) in [6.07, 6.45) is 4.26. The van der Waals surface area contributed by atoms with Crippen molar-refractivity contribution < 1.29 is 9.90 Å². The van der Waals surface area contributed by atoms with Gasteiger partial charge in [0.2, 0.25) is 0 Å². The van der Waals surface area contributed by atoms with Crippen LogP contribution in [0.15, 0.2) is 6.07 Å². The molecule has 0 fully saturated rings. The van der Waals surface area contributed by atoms with Gasteiger partial charge in [0.05, 0.1) is 9.75 Å². The molecule has 1 heterocycles. The number of carbonyl (C=O) groups is 1. The van der Waals surface area contributed by atoms with E-state index < -0.39 is 0 Å². The highest BCUT2D eigenvalue weighted by molar-refractivity contribution is 7.14. The van der Waals surface area contributed by atoms with Crippen LogP contribution >= 0.6 is 11.3 Å². The molecule has 1 aromatic heterocycles. The van der Waals surface area contributed by atoms with Crippen LogP contribution in [0.25, 0.3) is 0 Å². The molecule has 1 N–H and O–H groups in total. The predicted molar refractivity (Wildman–Crippen MR) is 88.7 cm³/mol. The van der Waals surface area contributed by atoms with Gasteiger partial charge in [-0.15, -0.1) is 11.3 Å². The van der Waals surface area contributed by atoms with Crippen molar-refractivity contribution in [2.24, 2.45) is 0 Å². The number of hydrogen-bond donors (Lipinski definition) is 1. The summed E-state index contributed by atoms with van der Waals surface area (Å²) in [6, 6.07) is 1.92. The molecule has 3 nitrogen and oxygen atoms in total. The van der Waals surface area contributed by atoms with E-state index in [0.717, 1.165) is 54.1 Å². The van der Waals surface area contributed by atoms with Crippen LogP contribution in [-0.4, -0.2) is 35.6 Å². The molecule has 0 spiro atoms. The molecule has 0 aromatic carbocycles. The summed E-state index contributed by atoms with van der Waals surface area (Å²) < 4.78 is 0. The molecule has 4 heteroatoms. The third-order valence-corrected chi connectivity index (χ3v) is 4.40. The molecule has 0 bridgehead atoms. The lowest BCUT2D eigenvalue weighted by Crippen LogP contribution is -2.32. The van der Waals surface area contributed by atoms with Gasteiger partial charge < -0.3 is 10.0 Å². The largest absolute Gasteiger partial charge is 0.384 e. The second-order valence-corrected chi connectivity index (χ2v) is 6.13. The Morgan fingerprint density at radius 1 is 1.29 bits per heavy atom. The van der Waals surface area contributed by atoms with E-state index in [1.54, 1.807) is 0 Å². The Hall–Kier alpha value is -1.31. The average Bonchev–Trinajstić information content (AvgIpc) is 2.86. The lowest BCUT2D eigenvalue weighted by Gasteiger charge is -2.21. The second kappa shape index (κ2) is 9.59. The molecule has 0 saturated carbocycles. The molecule has 0 aliphatic heterocycles. The molecular weight excluding hydrogens is 282 g/mol. The standard InChI is InChI=1S/C17H25NO2S/c1-4-6-10-18(11-7-5-2)17(20)16-13-14(3)15(21-16)9-8-12-19/h13,19H,4-7,10-12H2,1-3H3. The minimum Gasteiger partial charge on any atom is -0.384 e. The van der Waals surface area contributed by atoms with E-state index in [2.05, 4.69) is 25.7 Å². The van der Waals surface area contributed by atoms with Crippen LogP contribution < -0.4 is 0 Å². The third kappa shape index (κ3) is 5.53. The average molecular weight is 307 g/mol. The number of hydrogen-bond acceptors (Lipinski definition) is 3. The number of amides is 1. The van der Waals surface area contributed by atoms with Crippen LogP contribution in [0.1, 0.15) is 59.6 Å². The summed E-state index contributed by atoms with van der Waals surface area (Å²) in [7, 11) is 0. The number of unbranched alkanes of at least 4 members (excludes halogenated alkanes) is 2. The van der Waals surface area contributed by atoms with Gasteiger partial charge in [-0.05, 0) is 31.4 Å². The van der Waals surface area contributed by atoms with Crippen LogP contribution in [0.2, 0.25) is 0 Å². The number of rotatable bonds is 7. The van der Waals surface area contributed by atoms with E-state index in [0.29, 0.717) is 0 Å². The molecule has 21 heavy (non-hydrogen) atoms. The number of aliphatic hydroxyl groups excluding tert-OH is 1. The molecular formula is C17H25NO2S.